The van der Waals surface area contributed by atoms with E-state index in [0.717, 1.165) is 11.1 Å². The monoisotopic (exact) mass is 319 g/mol. The summed E-state index contributed by atoms with van der Waals surface area (Å²) in [7, 11) is 5.10. The maximum Gasteiger partial charge on any atom is 0.169 e. The summed E-state index contributed by atoms with van der Waals surface area (Å²) in [6.07, 6.45) is -0.323. The van der Waals surface area contributed by atoms with Crippen molar-refractivity contribution < 1.29 is 14.6 Å². The second-order valence-electron chi connectivity index (χ2n) is 5.01. The van der Waals surface area contributed by atoms with Gasteiger partial charge in [-0.05, 0) is 30.3 Å². The van der Waals surface area contributed by atoms with Crippen LogP contribution in [0.2, 0.25) is 10.0 Å². The first-order chi connectivity index (χ1) is 9.47. The minimum Gasteiger partial charge on any atom is -0.391 e. The summed E-state index contributed by atoms with van der Waals surface area (Å²) >= 11 is 12.3. The Morgan fingerprint density at radius 1 is 1.35 bits per heavy atom. The number of hydrogen-bond acceptors (Lipinski definition) is 4. The zero-order chi connectivity index (χ0) is 14.9. The van der Waals surface area contributed by atoms with Crippen LogP contribution in [0.15, 0.2) is 12.1 Å². The molecule has 0 aromatic heterocycles. The first kappa shape index (κ1) is 16.0. The van der Waals surface area contributed by atoms with E-state index in [1.165, 1.54) is 0 Å². The summed E-state index contributed by atoms with van der Waals surface area (Å²) in [4.78, 5) is 2.00. The van der Waals surface area contributed by atoms with Gasteiger partial charge in [0.15, 0.2) is 6.29 Å². The number of nitrogens with zero attached hydrogens (tertiary/aromatic N) is 1. The SMILES string of the molecule is COC(CN(C)[C@H]1c2cc(Cl)cc(Cl)c2C[C@@H]1O)OC. The summed E-state index contributed by atoms with van der Waals surface area (Å²) in [5.41, 5.74) is 1.94. The van der Waals surface area contributed by atoms with Gasteiger partial charge in [0.1, 0.15) is 0 Å². The topological polar surface area (TPSA) is 41.9 Å². The van der Waals surface area contributed by atoms with Crippen molar-refractivity contribution in [1.29, 1.82) is 0 Å². The Labute approximate surface area is 129 Å². The molecule has 0 bridgehead atoms. The Morgan fingerprint density at radius 2 is 2.00 bits per heavy atom. The van der Waals surface area contributed by atoms with Crippen LogP contribution >= 0.6 is 23.2 Å². The van der Waals surface area contributed by atoms with Gasteiger partial charge in [0, 0.05) is 37.2 Å². The molecule has 112 valence electrons. The molecule has 0 radical (unpaired) electrons. The maximum atomic E-state index is 10.3. The molecule has 1 aliphatic rings. The van der Waals surface area contributed by atoms with Crippen LogP contribution in [-0.2, 0) is 15.9 Å². The molecule has 4 nitrogen and oxygen atoms in total. The number of hydrogen-bond donors (Lipinski definition) is 1. The van der Waals surface area contributed by atoms with Crippen molar-refractivity contribution in [2.45, 2.75) is 24.9 Å². The molecule has 0 aliphatic heterocycles. The first-order valence-electron chi connectivity index (χ1n) is 6.39. The van der Waals surface area contributed by atoms with Crippen LogP contribution in [-0.4, -0.2) is 50.2 Å². The lowest BCUT2D eigenvalue weighted by atomic mass is 10.1. The molecule has 0 spiro atoms. The summed E-state index contributed by atoms with van der Waals surface area (Å²) in [6, 6.07) is 3.42. The fourth-order valence-corrected chi connectivity index (χ4v) is 3.34. The van der Waals surface area contributed by atoms with E-state index in [2.05, 4.69) is 0 Å². The highest BCUT2D eigenvalue weighted by Crippen LogP contribution is 2.40. The Morgan fingerprint density at radius 3 is 2.60 bits per heavy atom. The third-order valence-corrected chi connectivity index (χ3v) is 4.28. The van der Waals surface area contributed by atoms with E-state index in [-0.39, 0.29) is 12.3 Å². The highest BCUT2D eigenvalue weighted by atomic mass is 35.5. The number of likely N-dealkylation sites (N-methyl/N-ethyl adjacent to an activating group) is 1. The van der Waals surface area contributed by atoms with Gasteiger partial charge in [-0.25, -0.2) is 0 Å². The van der Waals surface area contributed by atoms with Crippen LogP contribution in [0.4, 0.5) is 0 Å². The number of benzene rings is 1. The highest BCUT2D eigenvalue weighted by molar-refractivity contribution is 6.35. The molecule has 0 saturated heterocycles. The van der Waals surface area contributed by atoms with Gasteiger partial charge in [-0.15, -0.1) is 0 Å². The Bertz CT molecular complexity index is 480. The largest absolute Gasteiger partial charge is 0.391 e. The van der Waals surface area contributed by atoms with E-state index in [4.69, 9.17) is 32.7 Å². The van der Waals surface area contributed by atoms with Crippen molar-refractivity contribution in [1.82, 2.24) is 4.90 Å². The van der Waals surface area contributed by atoms with E-state index in [0.29, 0.717) is 23.0 Å². The number of aliphatic hydroxyl groups excluding tert-OH is 1. The molecular formula is C14H19Cl2NO3. The fourth-order valence-electron chi connectivity index (χ4n) is 2.76. The highest BCUT2D eigenvalue weighted by Gasteiger charge is 2.36. The van der Waals surface area contributed by atoms with Gasteiger partial charge in [0.2, 0.25) is 0 Å². The number of aliphatic hydroxyl groups is 1. The first-order valence-corrected chi connectivity index (χ1v) is 7.15. The van der Waals surface area contributed by atoms with Gasteiger partial charge < -0.3 is 14.6 Å². The molecule has 0 saturated carbocycles. The molecule has 0 unspecified atom stereocenters. The van der Waals surface area contributed by atoms with Crippen LogP contribution in [0.25, 0.3) is 0 Å². The maximum absolute atomic E-state index is 10.3. The van der Waals surface area contributed by atoms with E-state index in [1.807, 2.05) is 18.0 Å². The van der Waals surface area contributed by atoms with Crippen LogP contribution in [0.1, 0.15) is 17.2 Å². The molecule has 0 fully saturated rings. The van der Waals surface area contributed by atoms with Crippen molar-refractivity contribution in [2.75, 3.05) is 27.8 Å². The molecule has 2 atom stereocenters. The van der Waals surface area contributed by atoms with Crippen molar-refractivity contribution in [2.24, 2.45) is 0 Å². The number of methoxy groups -OCH3 is 2. The minimum atomic E-state index is -0.514. The van der Waals surface area contributed by atoms with E-state index < -0.39 is 6.10 Å². The number of halogens is 2. The molecule has 20 heavy (non-hydrogen) atoms. The van der Waals surface area contributed by atoms with Crippen LogP contribution < -0.4 is 0 Å². The molecule has 1 aliphatic carbocycles. The van der Waals surface area contributed by atoms with Crippen molar-refractivity contribution in [3.8, 4) is 0 Å². The quantitative estimate of drug-likeness (QED) is 0.847. The van der Waals surface area contributed by atoms with Gasteiger partial charge in [-0.1, -0.05) is 23.2 Å². The zero-order valence-electron chi connectivity index (χ0n) is 11.8. The van der Waals surface area contributed by atoms with Crippen molar-refractivity contribution >= 4 is 23.2 Å². The molecule has 1 aromatic rings. The predicted molar refractivity (Wildman–Crippen MR) is 79.3 cm³/mol. The van der Waals surface area contributed by atoms with Gasteiger partial charge >= 0.3 is 0 Å². The van der Waals surface area contributed by atoms with Gasteiger partial charge in [-0.3, -0.25) is 4.90 Å². The van der Waals surface area contributed by atoms with Crippen molar-refractivity contribution in [3.05, 3.63) is 33.3 Å². The number of ether oxygens (including phenoxy) is 2. The standard InChI is InChI=1S/C14H19Cl2NO3/c1-17(7-13(19-2)20-3)14-10-4-8(15)5-11(16)9(10)6-12(14)18/h4-5,12-14,18H,6-7H2,1-3H3/t12-,14-/m0/s1. The second kappa shape index (κ2) is 6.60. The predicted octanol–water partition coefficient (Wildman–Crippen LogP) is 2.50. The smallest absolute Gasteiger partial charge is 0.169 e. The zero-order valence-corrected chi connectivity index (χ0v) is 13.3. The van der Waals surface area contributed by atoms with Gasteiger partial charge in [0.25, 0.3) is 0 Å². The lowest BCUT2D eigenvalue weighted by Gasteiger charge is -2.30. The molecule has 2 rings (SSSR count). The van der Waals surface area contributed by atoms with Gasteiger partial charge in [-0.2, -0.15) is 0 Å². The van der Waals surface area contributed by atoms with Crippen LogP contribution in [0.3, 0.4) is 0 Å². The normalized spacial score (nSPS) is 21.8. The summed E-state index contributed by atoms with van der Waals surface area (Å²) in [5.74, 6) is 0. The molecule has 0 amide bonds. The average molecular weight is 320 g/mol. The Hall–Kier alpha value is -0.360. The molecule has 6 heteroatoms. The van der Waals surface area contributed by atoms with E-state index >= 15 is 0 Å². The van der Waals surface area contributed by atoms with Crippen LogP contribution in [0, 0.1) is 0 Å². The lowest BCUT2D eigenvalue weighted by Crippen LogP contribution is -2.38. The molecule has 1 N–H and O–H groups in total. The minimum absolute atomic E-state index is 0.158. The third kappa shape index (κ3) is 3.11. The van der Waals surface area contributed by atoms with Gasteiger partial charge in [0.05, 0.1) is 12.1 Å². The van der Waals surface area contributed by atoms with Crippen LogP contribution in [0.5, 0.6) is 0 Å². The number of fused-ring (bicyclic) bond motifs is 1. The molecular weight excluding hydrogens is 301 g/mol. The lowest BCUT2D eigenvalue weighted by molar-refractivity contribution is -0.121. The third-order valence-electron chi connectivity index (χ3n) is 3.73. The summed E-state index contributed by atoms with van der Waals surface area (Å²) in [6.45, 7) is 0.540. The molecule has 1 aromatic carbocycles. The fraction of sp³-hybridized carbons (Fsp3) is 0.571. The van der Waals surface area contributed by atoms with E-state index in [9.17, 15) is 5.11 Å². The Kier molecular flexibility index (Phi) is 5.29. The number of rotatable bonds is 5. The summed E-state index contributed by atoms with van der Waals surface area (Å²) in [5, 5.41) is 11.5. The summed E-state index contributed by atoms with van der Waals surface area (Å²) < 4.78 is 10.4. The van der Waals surface area contributed by atoms with Crippen molar-refractivity contribution in [3.63, 3.8) is 0 Å². The second-order valence-corrected chi connectivity index (χ2v) is 5.86. The Balaban J connectivity index is 2.26. The molecule has 0 heterocycles. The van der Waals surface area contributed by atoms with E-state index in [1.54, 1.807) is 20.3 Å². The average Bonchev–Trinajstić information content (AvgIpc) is 2.72.